The van der Waals surface area contributed by atoms with E-state index in [1.807, 2.05) is 0 Å². The fourth-order valence-electron chi connectivity index (χ4n) is 2.41. The Balaban J connectivity index is 2.07. The molecule has 2 aromatic carbocycles. The summed E-state index contributed by atoms with van der Waals surface area (Å²) in [6, 6.07) is 10.6. The normalized spacial score (nSPS) is 12.3. The number of nitrogens with two attached hydrogens (primary N) is 1. The molecule has 1 atom stereocenters. The molecule has 0 saturated carbocycles. The average molecular weight is 346 g/mol. The second kappa shape index (κ2) is 6.76. The number of rotatable bonds is 5. The number of nitrogens with one attached hydrogen (secondary N) is 1. The number of aromatic nitrogens is 2. The predicted octanol–water partition coefficient (Wildman–Crippen LogP) is 3.35. The minimum atomic E-state index is -2.87. The summed E-state index contributed by atoms with van der Waals surface area (Å²) in [5.41, 5.74) is 6.10. The van der Waals surface area contributed by atoms with Crippen LogP contribution in [-0.2, 0) is 4.79 Å². The number of carbonyl (C=O) groups excluding carboxylic acids is 1. The second-order valence-corrected chi connectivity index (χ2v) is 5.28. The van der Waals surface area contributed by atoms with Crippen molar-refractivity contribution in [2.75, 3.05) is 5.32 Å². The summed E-state index contributed by atoms with van der Waals surface area (Å²) >= 11 is 0. The van der Waals surface area contributed by atoms with Gasteiger partial charge in [0, 0.05) is 5.39 Å². The Morgan fingerprint density at radius 2 is 1.72 bits per heavy atom. The maximum atomic E-state index is 13.1. The van der Waals surface area contributed by atoms with Crippen LogP contribution in [0.4, 0.5) is 19.0 Å². The number of hydrogen-bond acceptors (Lipinski definition) is 4. The van der Waals surface area contributed by atoms with E-state index < -0.39 is 30.0 Å². The first-order chi connectivity index (χ1) is 12.0. The summed E-state index contributed by atoms with van der Waals surface area (Å²) in [6.07, 6.45) is -2.87. The maximum absolute atomic E-state index is 13.1. The van der Waals surface area contributed by atoms with Crippen molar-refractivity contribution in [3.63, 3.8) is 0 Å². The first-order valence-electron chi connectivity index (χ1n) is 7.32. The number of halogens is 3. The number of amides is 1. The highest BCUT2D eigenvalue weighted by molar-refractivity contribution is 5.92. The van der Waals surface area contributed by atoms with E-state index in [2.05, 4.69) is 15.3 Å². The van der Waals surface area contributed by atoms with E-state index in [9.17, 15) is 18.0 Å². The molecule has 1 aromatic heterocycles. The Kier molecular flexibility index (Phi) is 4.51. The van der Waals surface area contributed by atoms with Crippen LogP contribution in [0.2, 0.25) is 0 Å². The minimum absolute atomic E-state index is 0.0500. The standard InChI is InChI=1S/C17H13F3N4O/c18-10-7-5-9(6-8-10)13(15(21)25)23-16-11-3-1-2-4-12(11)22-17(24-16)14(19)20/h1-8,13-14H,(H2,21,25)(H,22,23,24). The first kappa shape index (κ1) is 16.7. The molecule has 1 amide bonds. The summed E-state index contributed by atoms with van der Waals surface area (Å²) in [5, 5.41) is 3.23. The zero-order valence-corrected chi connectivity index (χ0v) is 12.8. The zero-order chi connectivity index (χ0) is 18.0. The van der Waals surface area contributed by atoms with Crippen LogP contribution in [-0.4, -0.2) is 15.9 Å². The van der Waals surface area contributed by atoms with Crippen molar-refractivity contribution in [3.8, 4) is 0 Å². The van der Waals surface area contributed by atoms with Crippen LogP contribution in [0.3, 0.4) is 0 Å². The average Bonchev–Trinajstić information content (AvgIpc) is 2.60. The molecule has 3 N–H and O–H groups in total. The number of nitrogens with zero attached hydrogens (tertiary/aromatic N) is 2. The lowest BCUT2D eigenvalue weighted by Gasteiger charge is -2.18. The van der Waals surface area contributed by atoms with Gasteiger partial charge in [0.15, 0.2) is 5.82 Å². The lowest BCUT2D eigenvalue weighted by molar-refractivity contribution is -0.118. The van der Waals surface area contributed by atoms with Crippen LogP contribution in [0.5, 0.6) is 0 Å². The SMILES string of the molecule is NC(=O)C(Nc1nc(C(F)F)nc2ccccc12)c1ccc(F)cc1. The van der Waals surface area contributed by atoms with E-state index >= 15 is 0 Å². The molecule has 25 heavy (non-hydrogen) atoms. The van der Waals surface area contributed by atoms with Crippen molar-refractivity contribution >= 4 is 22.6 Å². The van der Waals surface area contributed by atoms with Gasteiger partial charge in [0.1, 0.15) is 17.7 Å². The van der Waals surface area contributed by atoms with Crippen molar-refractivity contribution in [3.05, 3.63) is 65.7 Å². The summed E-state index contributed by atoms with van der Waals surface area (Å²) in [4.78, 5) is 19.4. The summed E-state index contributed by atoms with van der Waals surface area (Å²) in [5.74, 6) is -1.84. The van der Waals surface area contributed by atoms with Gasteiger partial charge in [-0.25, -0.2) is 23.1 Å². The molecule has 1 heterocycles. The molecule has 0 radical (unpaired) electrons. The van der Waals surface area contributed by atoms with Crippen LogP contribution >= 0.6 is 0 Å². The van der Waals surface area contributed by atoms with Gasteiger partial charge in [-0.05, 0) is 29.8 Å². The van der Waals surface area contributed by atoms with E-state index in [1.165, 1.54) is 24.3 Å². The monoisotopic (exact) mass is 346 g/mol. The van der Waals surface area contributed by atoms with E-state index in [0.29, 0.717) is 16.5 Å². The Morgan fingerprint density at radius 3 is 2.36 bits per heavy atom. The molecule has 0 saturated heterocycles. The molecule has 0 aliphatic heterocycles. The Labute approximate surface area is 140 Å². The van der Waals surface area contributed by atoms with Gasteiger partial charge in [-0.15, -0.1) is 0 Å². The second-order valence-electron chi connectivity index (χ2n) is 5.28. The largest absolute Gasteiger partial charge is 0.368 e. The third-order valence-corrected chi connectivity index (χ3v) is 3.58. The number of anilines is 1. The summed E-state index contributed by atoms with van der Waals surface area (Å²) in [6.45, 7) is 0. The van der Waals surface area contributed by atoms with Crippen LogP contribution in [0.1, 0.15) is 23.9 Å². The van der Waals surface area contributed by atoms with Gasteiger partial charge in [0.2, 0.25) is 5.91 Å². The summed E-state index contributed by atoms with van der Waals surface area (Å²) < 4.78 is 39.2. The first-order valence-corrected chi connectivity index (χ1v) is 7.32. The number of para-hydroxylation sites is 1. The van der Waals surface area contributed by atoms with E-state index in [0.717, 1.165) is 0 Å². The van der Waals surface area contributed by atoms with Crippen molar-refractivity contribution in [1.29, 1.82) is 0 Å². The molecule has 5 nitrogen and oxygen atoms in total. The van der Waals surface area contributed by atoms with Crippen LogP contribution in [0.15, 0.2) is 48.5 Å². The molecular weight excluding hydrogens is 333 g/mol. The number of alkyl halides is 2. The number of carbonyl (C=O) groups is 1. The fraction of sp³-hybridized carbons (Fsp3) is 0.118. The van der Waals surface area contributed by atoms with Gasteiger partial charge >= 0.3 is 0 Å². The molecule has 3 rings (SSSR count). The van der Waals surface area contributed by atoms with Gasteiger partial charge in [0.05, 0.1) is 5.52 Å². The summed E-state index contributed by atoms with van der Waals surface area (Å²) in [7, 11) is 0. The van der Waals surface area contributed by atoms with Crippen LogP contribution in [0.25, 0.3) is 10.9 Å². The van der Waals surface area contributed by atoms with Gasteiger partial charge in [0.25, 0.3) is 6.43 Å². The number of primary amides is 1. The lowest BCUT2D eigenvalue weighted by Crippen LogP contribution is -2.28. The molecule has 0 fully saturated rings. The smallest absolute Gasteiger partial charge is 0.297 e. The number of benzene rings is 2. The third-order valence-electron chi connectivity index (χ3n) is 3.58. The lowest BCUT2D eigenvalue weighted by atomic mass is 10.1. The highest BCUT2D eigenvalue weighted by Crippen LogP contribution is 2.27. The Morgan fingerprint density at radius 1 is 1.04 bits per heavy atom. The highest BCUT2D eigenvalue weighted by atomic mass is 19.3. The highest BCUT2D eigenvalue weighted by Gasteiger charge is 2.21. The molecule has 1 unspecified atom stereocenters. The van der Waals surface area contributed by atoms with Crippen LogP contribution in [0, 0.1) is 5.82 Å². The Hall–Kier alpha value is -3.16. The number of hydrogen-bond donors (Lipinski definition) is 2. The topological polar surface area (TPSA) is 80.9 Å². The molecule has 128 valence electrons. The van der Waals surface area contributed by atoms with Crippen molar-refractivity contribution in [2.45, 2.75) is 12.5 Å². The molecule has 0 spiro atoms. The molecule has 0 aliphatic carbocycles. The predicted molar refractivity (Wildman–Crippen MR) is 86.5 cm³/mol. The number of fused-ring (bicyclic) bond motifs is 1. The molecule has 0 bridgehead atoms. The quantitative estimate of drug-likeness (QED) is 0.742. The van der Waals surface area contributed by atoms with E-state index in [4.69, 9.17) is 5.73 Å². The minimum Gasteiger partial charge on any atom is -0.368 e. The van der Waals surface area contributed by atoms with Gasteiger partial charge in [-0.2, -0.15) is 0 Å². The Bertz CT molecular complexity index is 915. The molecule has 0 aliphatic rings. The van der Waals surface area contributed by atoms with Crippen LogP contribution < -0.4 is 11.1 Å². The maximum Gasteiger partial charge on any atom is 0.297 e. The van der Waals surface area contributed by atoms with Gasteiger partial charge in [-0.1, -0.05) is 24.3 Å². The van der Waals surface area contributed by atoms with Crippen molar-refractivity contribution < 1.29 is 18.0 Å². The zero-order valence-electron chi connectivity index (χ0n) is 12.8. The molecule has 8 heteroatoms. The molecular formula is C17H13F3N4O. The van der Waals surface area contributed by atoms with Gasteiger partial charge < -0.3 is 11.1 Å². The van der Waals surface area contributed by atoms with Gasteiger partial charge in [-0.3, -0.25) is 4.79 Å². The fourth-order valence-corrected chi connectivity index (χ4v) is 2.41. The van der Waals surface area contributed by atoms with E-state index in [1.54, 1.807) is 24.3 Å². The molecule has 3 aromatic rings. The van der Waals surface area contributed by atoms with Crippen molar-refractivity contribution in [1.82, 2.24) is 9.97 Å². The van der Waals surface area contributed by atoms with Crippen molar-refractivity contribution in [2.24, 2.45) is 5.73 Å². The third kappa shape index (κ3) is 3.52. The van der Waals surface area contributed by atoms with E-state index in [-0.39, 0.29) is 5.82 Å².